The van der Waals surface area contributed by atoms with E-state index in [-0.39, 0.29) is 11.5 Å². The molecule has 0 spiro atoms. The minimum absolute atomic E-state index is 0.157. The highest BCUT2D eigenvalue weighted by atomic mass is 16.3. The molecule has 0 aromatic heterocycles. The first-order valence-corrected chi connectivity index (χ1v) is 7.93. The molecule has 0 amide bonds. The maximum atomic E-state index is 10.5. The van der Waals surface area contributed by atoms with E-state index >= 15 is 0 Å². The summed E-state index contributed by atoms with van der Waals surface area (Å²) < 4.78 is 0. The highest BCUT2D eigenvalue weighted by Crippen LogP contribution is 2.32. The van der Waals surface area contributed by atoms with E-state index in [1.54, 1.807) is 0 Å². The second-order valence-electron chi connectivity index (χ2n) is 7.29. The van der Waals surface area contributed by atoms with Crippen LogP contribution < -0.4 is 5.73 Å². The van der Waals surface area contributed by atoms with Crippen LogP contribution in [0.3, 0.4) is 0 Å². The Bertz CT molecular complexity index is 412. The predicted octanol–water partition coefficient (Wildman–Crippen LogP) is 3.93. The van der Waals surface area contributed by atoms with Gasteiger partial charge in [0.05, 0.1) is 12.1 Å². The van der Waals surface area contributed by atoms with Gasteiger partial charge in [0.1, 0.15) is 0 Å². The minimum Gasteiger partial charge on any atom is -0.391 e. The number of aliphatic hydroxyl groups is 1. The van der Waals surface area contributed by atoms with Crippen molar-refractivity contribution in [3.63, 3.8) is 0 Å². The summed E-state index contributed by atoms with van der Waals surface area (Å²) in [4.78, 5) is 0. The van der Waals surface area contributed by atoms with Crippen molar-refractivity contribution < 1.29 is 5.11 Å². The second kappa shape index (κ2) is 6.28. The van der Waals surface area contributed by atoms with Crippen molar-refractivity contribution >= 4 is 0 Å². The number of hydrogen-bond acceptors (Lipinski definition) is 2. The van der Waals surface area contributed by atoms with E-state index in [1.807, 2.05) is 0 Å². The number of hydrogen-bond donors (Lipinski definition) is 2. The number of aliphatic hydroxyl groups excluding tert-OH is 1. The molecule has 2 nitrogen and oxygen atoms in total. The molecule has 1 saturated carbocycles. The minimum atomic E-state index is -0.407. The fraction of sp³-hybridized carbons (Fsp3) is 0.667. The normalized spacial score (nSPS) is 20.6. The highest BCUT2D eigenvalue weighted by molar-refractivity contribution is 5.29. The average Bonchev–Trinajstić information content (AvgIpc) is 2.46. The molecule has 2 heteroatoms. The molecule has 1 fully saturated rings. The van der Waals surface area contributed by atoms with Gasteiger partial charge < -0.3 is 10.8 Å². The summed E-state index contributed by atoms with van der Waals surface area (Å²) in [6.07, 6.45) is 5.60. The highest BCUT2D eigenvalue weighted by Gasteiger charge is 2.27. The molecule has 0 radical (unpaired) electrons. The Morgan fingerprint density at radius 1 is 1.05 bits per heavy atom. The molecule has 1 aliphatic carbocycles. The molecule has 0 heterocycles. The lowest BCUT2D eigenvalue weighted by Crippen LogP contribution is -2.34. The Hall–Kier alpha value is -0.860. The van der Waals surface area contributed by atoms with Crippen molar-refractivity contribution in [1.82, 2.24) is 0 Å². The molecule has 1 aliphatic rings. The Kier molecular flexibility index (Phi) is 4.87. The van der Waals surface area contributed by atoms with Crippen LogP contribution in [0.15, 0.2) is 24.3 Å². The lowest BCUT2D eigenvalue weighted by molar-refractivity contribution is 0.0618. The third kappa shape index (κ3) is 3.62. The molecule has 0 saturated heterocycles. The molecule has 112 valence electrons. The van der Waals surface area contributed by atoms with Crippen molar-refractivity contribution in [3.05, 3.63) is 35.4 Å². The number of benzene rings is 1. The van der Waals surface area contributed by atoms with Crippen LogP contribution in [-0.4, -0.2) is 11.2 Å². The molecule has 2 rings (SSSR count). The van der Waals surface area contributed by atoms with Crippen LogP contribution in [-0.2, 0) is 5.41 Å². The van der Waals surface area contributed by atoms with Crippen LogP contribution in [0.2, 0.25) is 0 Å². The molecule has 0 bridgehead atoms. The molecule has 0 aliphatic heterocycles. The van der Waals surface area contributed by atoms with E-state index < -0.39 is 6.10 Å². The molecule has 0 unspecified atom stereocenters. The standard InChI is InChI=1S/C18H29NO/c1-18(2,3)15-11-9-13(10-12-15)16(19)17(20)14-7-5-4-6-8-14/h9-12,14,16-17,20H,4-8,19H2,1-3H3/t16-,17+/m1/s1. The van der Waals surface area contributed by atoms with Crippen molar-refractivity contribution in [3.8, 4) is 0 Å². The van der Waals surface area contributed by atoms with Crippen molar-refractivity contribution in [2.45, 2.75) is 70.4 Å². The summed E-state index contributed by atoms with van der Waals surface area (Å²) in [6.45, 7) is 6.62. The predicted molar refractivity (Wildman–Crippen MR) is 84.7 cm³/mol. The van der Waals surface area contributed by atoms with Gasteiger partial charge in [0.2, 0.25) is 0 Å². The van der Waals surface area contributed by atoms with Crippen LogP contribution >= 0.6 is 0 Å². The zero-order valence-corrected chi connectivity index (χ0v) is 13.1. The topological polar surface area (TPSA) is 46.2 Å². The summed E-state index contributed by atoms with van der Waals surface area (Å²) in [7, 11) is 0. The second-order valence-corrected chi connectivity index (χ2v) is 7.29. The molecular formula is C18H29NO. The Balaban J connectivity index is 2.06. The van der Waals surface area contributed by atoms with Crippen LogP contribution in [0.5, 0.6) is 0 Å². The first-order chi connectivity index (χ1) is 9.39. The quantitative estimate of drug-likeness (QED) is 0.878. The fourth-order valence-corrected chi connectivity index (χ4v) is 3.17. The van der Waals surface area contributed by atoms with Gasteiger partial charge in [0.15, 0.2) is 0 Å². The number of rotatable bonds is 3. The number of nitrogens with two attached hydrogens (primary N) is 1. The van der Waals surface area contributed by atoms with Crippen LogP contribution in [0.4, 0.5) is 0 Å². The van der Waals surface area contributed by atoms with Gasteiger partial charge in [-0.2, -0.15) is 0 Å². The summed E-state index contributed by atoms with van der Waals surface area (Å²) in [5, 5.41) is 10.5. The first-order valence-electron chi connectivity index (χ1n) is 7.93. The Labute approximate surface area is 123 Å². The average molecular weight is 275 g/mol. The molecular weight excluding hydrogens is 246 g/mol. The van der Waals surface area contributed by atoms with Crippen molar-refractivity contribution in [2.24, 2.45) is 11.7 Å². The maximum Gasteiger partial charge on any atom is 0.0760 e. The Morgan fingerprint density at radius 3 is 2.10 bits per heavy atom. The molecule has 1 aromatic carbocycles. The molecule has 2 atom stereocenters. The summed E-state index contributed by atoms with van der Waals surface area (Å²) in [6, 6.07) is 8.19. The molecule has 3 N–H and O–H groups in total. The lowest BCUT2D eigenvalue weighted by atomic mass is 9.80. The van der Waals surface area contributed by atoms with E-state index in [0.29, 0.717) is 5.92 Å². The molecule has 20 heavy (non-hydrogen) atoms. The zero-order chi connectivity index (χ0) is 14.8. The first kappa shape index (κ1) is 15.5. The fourth-order valence-electron chi connectivity index (χ4n) is 3.17. The van der Waals surface area contributed by atoms with E-state index in [0.717, 1.165) is 18.4 Å². The van der Waals surface area contributed by atoms with Gasteiger partial charge in [0, 0.05) is 0 Å². The van der Waals surface area contributed by atoms with Crippen molar-refractivity contribution in [2.75, 3.05) is 0 Å². The lowest BCUT2D eigenvalue weighted by Gasteiger charge is -2.31. The van der Waals surface area contributed by atoms with Gasteiger partial charge in [-0.05, 0) is 35.3 Å². The van der Waals surface area contributed by atoms with Gasteiger partial charge in [-0.15, -0.1) is 0 Å². The van der Waals surface area contributed by atoms with Crippen LogP contribution in [0.1, 0.15) is 70.0 Å². The van der Waals surface area contributed by atoms with E-state index in [1.165, 1.54) is 24.8 Å². The zero-order valence-electron chi connectivity index (χ0n) is 13.1. The van der Waals surface area contributed by atoms with E-state index in [4.69, 9.17) is 5.73 Å². The van der Waals surface area contributed by atoms with E-state index in [9.17, 15) is 5.11 Å². The monoisotopic (exact) mass is 275 g/mol. The van der Waals surface area contributed by atoms with Gasteiger partial charge in [-0.1, -0.05) is 64.3 Å². The van der Waals surface area contributed by atoms with Crippen molar-refractivity contribution in [1.29, 1.82) is 0 Å². The third-order valence-corrected chi connectivity index (χ3v) is 4.66. The Morgan fingerprint density at radius 2 is 1.60 bits per heavy atom. The van der Waals surface area contributed by atoms with Gasteiger partial charge in [-0.25, -0.2) is 0 Å². The SMILES string of the molecule is CC(C)(C)c1ccc([C@@H](N)[C@@H](O)C2CCCCC2)cc1. The van der Waals surface area contributed by atoms with Crippen LogP contribution in [0.25, 0.3) is 0 Å². The maximum absolute atomic E-state index is 10.5. The largest absolute Gasteiger partial charge is 0.391 e. The molecule has 1 aromatic rings. The summed E-state index contributed by atoms with van der Waals surface area (Å²) in [5.74, 6) is 0.376. The summed E-state index contributed by atoms with van der Waals surface area (Å²) in [5.41, 5.74) is 8.79. The van der Waals surface area contributed by atoms with Gasteiger partial charge in [0.25, 0.3) is 0 Å². The summed E-state index contributed by atoms with van der Waals surface area (Å²) >= 11 is 0. The van der Waals surface area contributed by atoms with Gasteiger partial charge in [-0.3, -0.25) is 0 Å². The van der Waals surface area contributed by atoms with Gasteiger partial charge >= 0.3 is 0 Å². The van der Waals surface area contributed by atoms with E-state index in [2.05, 4.69) is 45.0 Å². The smallest absolute Gasteiger partial charge is 0.0760 e. The third-order valence-electron chi connectivity index (χ3n) is 4.66. The van der Waals surface area contributed by atoms with Crippen LogP contribution in [0, 0.1) is 5.92 Å².